The number of esters is 1. The zero-order chi connectivity index (χ0) is 31.4. The van der Waals surface area contributed by atoms with Gasteiger partial charge in [0.05, 0.1) is 25.2 Å². The Kier molecular flexibility index (Phi) is 11.9. The summed E-state index contributed by atoms with van der Waals surface area (Å²) in [5.74, 6) is -0.791. The zero-order valence-electron chi connectivity index (χ0n) is 25.8. The van der Waals surface area contributed by atoms with Crippen LogP contribution in [-0.4, -0.2) is 74.1 Å². The maximum absolute atomic E-state index is 12.9. The molecule has 4 aromatic rings. The summed E-state index contributed by atoms with van der Waals surface area (Å²) in [4.78, 5) is 30.8. The van der Waals surface area contributed by atoms with Crippen LogP contribution < -0.4 is 0 Å². The number of benzene rings is 4. The van der Waals surface area contributed by atoms with Gasteiger partial charge < -0.3 is 9.47 Å². The lowest BCUT2D eigenvalue weighted by Crippen LogP contribution is -2.48. The van der Waals surface area contributed by atoms with Crippen LogP contribution in [0.3, 0.4) is 0 Å². The molecule has 6 nitrogen and oxygen atoms in total. The van der Waals surface area contributed by atoms with Gasteiger partial charge in [-0.1, -0.05) is 110 Å². The average Bonchev–Trinajstić information content (AvgIpc) is 3.09. The molecular weight excluding hydrogens is 584 g/mol. The summed E-state index contributed by atoms with van der Waals surface area (Å²) in [6, 6.07) is 35.5. The Morgan fingerprint density at radius 3 is 2.02 bits per heavy atom. The third kappa shape index (κ3) is 8.89. The number of ether oxygens (including phenoxy) is 2. The number of carbonyl (C=O) groups excluding carboxylic acids is 2. The highest BCUT2D eigenvalue weighted by Crippen LogP contribution is 2.30. The second-order valence-corrected chi connectivity index (χ2v) is 11.7. The smallest absolute Gasteiger partial charge is 0.313 e. The normalized spacial score (nSPS) is 15.3. The fourth-order valence-electron chi connectivity index (χ4n) is 5.93. The molecule has 2 atom stereocenters. The highest BCUT2D eigenvalue weighted by molar-refractivity contribution is 6.30. The molecule has 4 aromatic carbocycles. The minimum Gasteiger partial charge on any atom is -0.463 e. The standard InChI is InChI=1S/C38H41ClN2O4/c1-2-35(32-14-9-15-33(28-32)37(42)31-12-7-4-8-13-31)38(43)45-27-26-44-25-24-40-20-22-41(23-21-40)36(29-10-5-3-6-11-29)30-16-18-34(39)19-17-30/h3-19,28,35-36H,2,20-27H2,1H3/t35-,36+/m1/s1. The molecule has 0 amide bonds. The number of halogens is 1. The van der Waals surface area contributed by atoms with Crippen LogP contribution in [0.25, 0.3) is 0 Å². The molecule has 0 bridgehead atoms. The van der Waals surface area contributed by atoms with Crippen molar-refractivity contribution in [3.05, 3.63) is 142 Å². The minimum absolute atomic E-state index is 0.0620. The van der Waals surface area contributed by atoms with Crippen LogP contribution in [0.1, 0.15) is 57.9 Å². The van der Waals surface area contributed by atoms with Crippen molar-refractivity contribution in [3.8, 4) is 0 Å². The maximum atomic E-state index is 12.9. The van der Waals surface area contributed by atoms with Crippen molar-refractivity contribution in [1.29, 1.82) is 0 Å². The van der Waals surface area contributed by atoms with Crippen LogP contribution in [0.15, 0.2) is 109 Å². The average molecular weight is 625 g/mol. The van der Waals surface area contributed by atoms with E-state index in [4.69, 9.17) is 21.1 Å². The molecule has 0 unspecified atom stereocenters. The lowest BCUT2D eigenvalue weighted by molar-refractivity contribution is -0.147. The molecule has 0 saturated carbocycles. The maximum Gasteiger partial charge on any atom is 0.313 e. The molecule has 1 aliphatic heterocycles. The Bertz CT molecular complexity index is 1510. The van der Waals surface area contributed by atoms with Gasteiger partial charge in [0.15, 0.2) is 5.78 Å². The van der Waals surface area contributed by atoms with Gasteiger partial charge in [-0.25, -0.2) is 0 Å². The first-order valence-corrected chi connectivity index (χ1v) is 16.1. The first-order chi connectivity index (χ1) is 22.0. The highest BCUT2D eigenvalue weighted by atomic mass is 35.5. The third-order valence-electron chi connectivity index (χ3n) is 8.38. The van der Waals surface area contributed by atoms with Crippen molar-refractivity contribution >= 4 is 23.4 Å². The molecule has 7 heteroatoms. The number of rotatable bonds is 14. The quantitative estimate of drug-likeness (QED) is 0.0853. The van der Waals surface area contributed by atoms with Crippen LogP contribution in [0.5, 0.6) is 0 Å². The zero-order valence-corrected chi connectivity index (χ0v) is 26.6. The van der Waals surface area contributed by atoms with Crippen molar-refractivity contribution in [2.45, 2.75) is 25.3 Å². The molecule has 1 heterocycles. The molecule has 5 rings (SSSR count). The Labute approximate surface area is 271 Å². The highest BCUT2D eigenvalue weighted by Gasteiger charge is 2.26. The van der Waals surface area contributed by atoms with E-state index >= 15 is 0 Å². The van der Waals surface area contributed by atoms with Crippen molar-refractivity contribution in [1.82, 2.24) is 9.80 Å². The molecule has 0 N–H and O–H groups in total. The molecule has 1 aliphatic rings. The van der Waals surface area contributed by atoms with Gasteiger partial charge in [-0.2, -0.15) is 0 Å². The lowest BCUT2D eigenvalue weighted by Gasteiger charge is -2.39. The monoisotopic (exact) mass is 624 g/mol. The number of hydrogen-bond donors (Lipinski definition) is 0. The van der Waals surface area contributed by atoms with Crippen LogP contribution in [0, 0.1) is 0 Å². The van der Waals surface area contributed by atoms with Crippen LogP contribution >= 0.6 is 11.6 Å². The Balaban J connectivity index is 1.04. The predicted molar refractivity (Wildman–Crippen MR) is 179 cm³/mol. The van der Waals surface area contributed by atoms with Gasteiger partial charge in [0, 0.05) is 48.9 Å². The van der Waals surface area contributed by atoms with Gasteiger partial charge in [0.25, 0.3) is 0 Å². The summed E-state index contributed by atoms with van der Waals surface area (Å²) in [6.45, 7) is 7.74. The second kappa shape index (κ2) is 16.5. The molecule has 1 fully saturated rings. The number of hydrogen-bond acceptors (Lipinski definition) is 6. The van der Waals surface area contributed by atoms with E-state index in [2.05, 4.69) is 52.3 Å². The number of ketones is 1. The van der Waals surface area contributed by atoms with E-state index in [0.717, 1.165) is 43.3 Å². The molecule has 0 aliphatic carbocycles. The fourth-order valence-corrected chi connectivity index (χ4v) is 6.05. The molecule has 0 radical (unpaired) electrons. The first-order valence-electron chi connectivity index (χ1n) is 15.7. The van der Waals surface area contributed by atoms with Gasteiger partial charge in [-0.05, 0) is 41.3 Å². The number of nitrogens with zero attached hydrogens (tertiary/aromatic N) is 2. The molecule has 234 valence electrons. The first kappa shape index (κ1) is 32.6. The van der Waals surface area contributed by atoms with Crippen LogP contribution in [0.2, 0.25) is 5.02 Å². The lowest BCUT2D eigenvalue weighted by atomic mass is 9.93. The van der Waals surface area contributed by atoms with Crippen molar-refractivity contribution in [2.24, 2.45) is 0 Å². The summed E-state index contributed by atoms with van der Waals surface area (Å²) in [7, 11) is 0. The van der Waals surface area contributed by atoms with E-state index in [0.29, 0.717) is 30.8 Å². The Hall–Kier alpha value is -3.81. The van der Waals surface area contributed by atoms with E-state index in [9.17, 15) is 9.59 Å². The van der Waals surface area contributed by atoms with Gasteiger partial charge in [0.1, 0.15) is 6.61 Å². The predicted octanol–water partition coefficient (Wildman–Crippen LogP) is 7.03. The second-order valence-electron chi connectivity index (χ2n) is 11.3. The molecule has 45 heavy (non-hydrogen) atoms. The SMILES string of the molecule is CC[C@@H](C(=O)OCCOCCN1CCN([C@@H](c2ccccc2)c2ccc(Cl)cc2)CC1)c1cccc(C(=O)c2ccccc2)c1. The minimum atomic E-state index is -0.433. The van der Waals surface area contributed by atoms with E-state index in [1.54, 1.807) is 24.3 Å². The fraction of sp³-hybridized carbons (Fsp3) is 0.316. The van der Waals surface area contributed by atoms with Gasteiger partial charge >= 0.3 is 5.97 Å². The van der Waals surface area contributed by atoms with Crippen molar-refractivity contribution in [3.63, 3.8) is 0 Å². The number of piperazine rings is 1. The van der Waals surface area contributed by atoms with Crippen LogP contribution in [0.4, 0.5) is 0 Å². The molecule has 0 aromatic heterocycles. The Morgan fingerprint density at radius 1 is 0.711 bits per heavy atom. The summed E-state index contributed by atoms with van der Waals surface area (Å²) < 4.78 is 11.4. The van der Waals surface area contributed by atoms with Crippen molar-refractivity contribution in [2.75, 3.05) is 52.5 Å². The Morgan fingerprint density at radius 2 is 1.33 bits per heavy atom. The van der Waals surface area contributed by atoms with Gasteiger partial charge in [-0.15, -0.1) is 0 Å². The third-order valence-corrected chi connectivity index (χ3v) is 8.63. The molecular formula is C38H41ClN2O4. The largest absolute Gasteiger partial charge is 0.463 e. The summed E-state index contributed by atoms with van der Waals surface area (Å²) in [5, 5.41) is 0.748. The van der Waals surface area contributed by atoms with E-state index in [1.807, 2.05) is 49.4 Å². The summed E-state index contributed by atoms with van der Waals surface area (Å²) in [5.41, 5.74) is 4.50. The van der Waals surface area contributed by atoms with E-state index < -0.39 is 5.92 Å². The summed E-state index contributed by atoms with van der Waals surface area (Å²) >= 11 is 6.17. The molecule has 0 spiro atoms. The number of carbonyl (C=O) groups is 2. The molecule has 1 saturated heterocycles. The van der Waals surface area contributed by atoms with Crippen LogP contribution in [-0.2, 0) is 14.3 Å². The summed E-state index contributed by atoms with van der Waals surface area (Å²) in [6.07, 6.45) is 0.581. The van der Waals surface area contributed by atoms with Gasteiger partial charge in [-0.3, -0.25) is 19.4 Å². The topological polar surface area (TPSA) is 59.1 Å². The van der Waals surface area contributed by atoms with E-state index in [-0.39, 0.29) is 24.4 Å². The van der Waals surface area contributed by atoms with E-state index in [1.165, 1.54) is 11.1 Å². The van der Waals surface area contributed by atoms with Crippen molar-refractivity contribution < 1.29 is 19.1 Å². The van der Waals surface area contributed by atoms with Gasteiger partial charge in [0.2, 0.25) is 0 Å².